The maximum atomic E-state index is 12.0. The fourth-order valence-electron chi connectivity index (χ4n) is 1.36. The monoisotopic (exact) mass is 395 g/mol. The smallest absolute Gasteiger partial charge is 0.336 e. The van der Waals surface area contributed by atoms with E-state index >= 15 is 0 Å². The van der Waals surface area contributed by atoms with Crippen molar-refractivity contribution in [3.63, 3.8) is 0 Å². The molecule has 19 heavy (non-hydrogen) atoms. The van der Waals surface area contributed by atoms with Crippen LogP contribution in [-0.4, -0.2) is 26.0 Å². The van der Waals surface area contributed by atoms with Gasteiger partial charge in [-0.15, -0.1) is 0 Å². The number of benzene rings is 1. The van der Waals surface area contributed by atoms with Crippen LogP contribution in [0.3, 0.4) is 0 Å². The van der Waals surface area contributed by atoms with Crippen molar-refractivity contribution in [1.29, 1.82) is 0 Å². The van der Waals surface area contributed by atoms with Crippen LogP contribution in [0.5, 0.6) is 0 Å². The Morgan fingerprint density at radius 3 is 2.74 bits per heavy atom. The molecule has 0 aliphatic carbocycles. The summed E-state index contributed by atoms with van der Waals surface area (Å²) in [5.74, 6) is -1.14. The number of allylic oxidation sites excluding steroid dienone is 1. The second kappa shape index (κ2) is 7.01. The molecule has 1 aromatic carbocycles. The zero-order chi connectivity index (χ0) is 14.5. The van der Waals surface area contributed by atoms with Crippen molar-refractivity contribution in [3.8, 4) is 0 Å². The molecule has 5 nitrogen and oxygen atoms in total. The number of aromatic carboxylic acids is 1. The van der Waals surface area contributed by atoms with Crippen LogP contribution >= 0.6 is 22.6 Å². The van der Waals surface area contributed by atoms with Crippen molar-refractivity contribution < 1.29 is 18.3 Å². The molecule has 0 saturated carbocycles. The van der Waals surface area contributed by atoms with Gasteiger partial charge in [0.15, 0.2) is 0 Å². The summed E-state index contributed by atoms with van der Waals surface area (Å²) in [5.41, 5.74) is -0.0167. The number of carboxylic acids is 1. The quantitative estimate of drug-likeness (QED) is 0.440. The minimum absolute atomic E-state index is 0.0167. The van der Waals surface area contributed by atoms with Crippen molar-refractivity contribution in [2.24, 2.45) is 0 Å². The number of hydrogen-bond acceptors (Lipinski definition) is 3. The van der Waals surface area contributed by atoms with E-state index in [0.717, 1.165) is 0 Å². The lowest BCUT2D eigenvalue weighted by Gasteiger charge is -2.07. The molecular formula is C12H14INO4S. The van der Waals surface area contributed by atoms with E-state index in [4.69, 9.17) is 5.11 Å². The number of nitrogens with one attached hydrogen (secondary N) is 1. The molecule has 0 aliphatic rings. The highest BCUT2D eigenvalue weighted by molar-refractivity contribution is 14.1. The van der Waals surface area contributed by atoms with Gasteiger partial charge in [-0.25, -0.2) is 17.9 Å². The lowest BCUT2D eigenvalue weighted by atomic mass is 10.2. The van der Waals surface area contributed by atoms with Crippen LogP contribution in [0.2, 0.25) is 0 Å². The SMILES string of the molecule is C/C=C/CCNS(=O)(=O)c1ccc(I)c(C(=O)O)c1. The van der Waals surface area contributed by atoms with E-state index in [9.17, 15) is 13.2 Å². The normalized spacial score (nSPS) is 11.9. The van der Waals surface area contributed by atoms with Crippen LogP contribution in [0.1, 0.15) is 23.7 Å². The number of hydrogen-bond donors (Lipinski definition) is 2. The number of carboxylic acid groups (broad SMARTS) is 1. The van der Waals surface area contributed by atoms with E-state index in [2.05, 4.69) is 4.72 Å². The van der Waals surface area contributed by atoms with Gasteiger partial charge in [0.1, 0.15) is 0 Å². The van der Waals surface area contributed by atoms with Crippen molar-refractivity contribution >= 4 is 38.6 Å². The van der Waals surface area contributed by atoms with Crippen molar-refractivity contribution in [2.45, 2.75) is 18.2 Å². The molecule has 0 bridgehead atoms. The van der Waals surface area contributed by atoms with Gasteiger partial charge in [0.05, 0.1) is 10.5 Å². The van der Waals surface area contributed by atoms with Gasteiger partial charge in [0.25, 0.3) is 0 Å². The Morgan fingerprint density at radius 2 is 2.16 bits per heavy atom. The maximum Gasteiger partial charge on any atom is 0.336 e. The molecule has 0 amide bonds. The summed E-state index contributed by atoms with van der Waals surface area (Å²) in [6, 6.07) is 4.04. The van der Waals surface area contributed by atoms with Gasteiger partial charge in [0.2, 0.25) is 10.0 Å². The fourth-order valence-corrected chi connectivity index (χ4v) is 3.00. The van der Waals surface area contributed by atoms with Crippen LogP contribution in [0.4, 0.5) is 0 Å². The van der Waals surface area contributed by atoms with Gasteiger partial charge >= 0.3 is 5.97 Å². The Labute approximate surface area is 125 Å². The Balaban J connectivity index is 2.95. The molecule has 0 unspecified atom stereocenters. The predicted octanol–water partition coefficient (Wildman–Crippen LogP) is 2.23. The molecule has 104 valence electrons. The van der Waals surface area contributed by atoms with Crippen molar-refractivity contribution in [2.75, 3.05) is 6.54 Å². The van der Waals surface area contributed by atoms with Gasteiger partial charge in [0, 0.05) is 10.1 Å². The zero-order valence-corrected chi connectivity index (χ0v) is 13.2. The Bertz CT molecular complexity index is 596. The Hall–Kier alpha value is -0.930. The van der Waals surface area contributed by atoms with E-state index in [0.29, 0.717) is 9.99 Å². The third-order valence-electron chi connectivity index (χ3n) is 2.32. The zero-order valence-electron chi connectivity index (χ0n) is 10.3. The van der Waals surface area contributed by atoms with E-state index in [-0.39, 0.29) is 17.0 Å². The Kier molecular flexibility index (Phi) is 5.95. The standard InChI is InChI=1S/C12H14INO4S/c1-2-3-4-7-14-19(17,18)9-5-6-11(13)10(8-9)12(15)16/h2-3,5-6,8,14H,4,7H2,1H3,(H,15,16)/b3-2+. The third kappa shape index (κ3) is 4.59. The molecule has 1 rings (SSSR count). The summed E-state index contributed by atoms with van der Waals surface area (Å²) in [4.78, 5) is 10.9. The van der Waals surface area contributed by atoms with Crippen LogP contribution in [-0.2, 0) is 10.0 Å². The largest absolute Gasteiger partial charge is 0.478 e. The molecule has 0 fully saturated rings. The predicted molar refractivity (Wildman–Crippen MR) is 80.7 cm³/mol. The molecule has 0 saturated heterocycles. The van der Waals surface area contributed by atoms with Crippen LogP contribution in [0, 0.1) is 3.57 Å². The van der Waals surface area contributed by atoms with Crippen molar-refractivity contribution in [3.05, 3.63) is 39.5 Å². The summed E-state index contributed by atoms with van der Waals surface area (Å²) in [6.45, 7) is 2.13. The molecule has 0 aromatic heterocycles. The Morgan fingerprint density at radius 1 is 1.47 bits per heavy atom. The fraction of sp³-hybridized carbons (Fsp3) is 0.250. The van der Waals surface area contributed by atoms with Gasteiger partial charge in [-0.3, -0.25) is 0 Å². The highest BCUT2D eigenvalue weighted by Crippen LogP contribution is 2.17. The van der Waals surface area contributed by atoms with Crippen LogP contribution in [0.25, 0.3) is 0 Å². The molecule has 0 aliphatic heterocycles. The molecular weight excluding hydrogens is 381 g/mol. The first kappa shape index (κ1) is 16.1. The lowest BCUT2D eigenvalue weighted by Crippen LogP contribution is -2.24. The third-order valence-corrected chi connectivity index (χ3v) is 4.72. The van der Waals surface area contributed by atoms with E-state index < -0.39 is 16.0 Å². The van der Waals surface area contributed by atoms with Gasteiger partial charge in [-0.1, -0.05) is 12.2 Å². The second-order valence-electron chi connectivity index (χ2n) is 3.70. The highest BCUT2D eigenvalue weighted by Gasteiger charge is 2.17. The second-order valence-corrected chi connectivity index (χ2v) is 6.63. The summed E-state index contributed by atoms with van der Waals surface area (Å²) in [7, 11) is -3.66. The highest BCUT2D eigenvalue weighted by atomic mass is 127. The average Bonchev–Trinajstić information content (AvgIpc) is 2.34. The molecule has 2 N–H and O–H groups in total. The topological polar surface area (TPSA) is 83.5 Å². The molecule has 0 atom stereocenters. The number of rotatable bonds is 6. The van der Waals surface area contributed by atoms with Crippen LogP contribution < -0.4 is 4.72 Å². The molecule has 1 aromatic rings. The average molecular weight is 395 g/mol. The van der Waals surface area contributed by atoms with E-state index in [1.165, 1.54) is 18.2 Å². The van der Waals surface area contributed by atoms with Gasteiger partial charge in [-0.05, 0) is 54.1 Å². The molecule has 0 heterocycles. The first-order valence-electron chi connectivity index (χ1n) is 5.52. The summed E-state index contributed by atoms with van der Waals surface area (Å²) < 4.78 is 26.8. The molecule has 0 radical (unpaired) electrons. The number of halogens is 1. The minimum atomic E-state index is -3.66. The van der Waals surface area contributed by atoms with Crippen molar-refractivity contribution in [1.82, 2.24) is 4.72 Å². The van der Waals surface area contributed by atoms with Gasteiger partial charge < -0.3 is 5.11 Å². The summed E-state index contributed by atoms with van der Waals surface area (Å²) in [5, 5.41) is 8.97. The summed E-state index contributed by atoms with van der Waals surface area (Å²) >= 11 is 1.85. The number of sulfonamides is 1. The number of carbonyl (C=O) groups is 1. The maximum absolute atomic E-state index is 12.0. The van der Waals surface area contributed by atoms with Crippen LogP contribution in [0.15, 0.2) is 35.2 Å². The first-order valence-corrected chi connectivity index (χ1v) is 8.08. The van der Waals surface area contributed by atoms with E-state index in [1.54, 1.807) is 0 Å². The minimum Gasteiger partial charge on any atom is -0.478 e. The lowest BCUT2D eigenvalue weighted by molar-refractivity contribution is 0.0695. The molecule has 0 spiro atoms. The first-order chi connectivity index (χ1) is 8.88. The summed E-state index contributed by atoms with van der Waals surface area (Å²) in [6.07, 6.45) is 4.27. The van der Waals surface area contributed by atoms with E-state index in [1.807, 2.05) is 41.7 Å². The molecule has 7 heteroatoms. The van der Waals surface area contributed by atoms with Gasteiger partial charge in [-0.2, -0.15) is 0 Å².